The summed E-state index contributed by atoms with van der Waals surface area (Å²) in [7, 11) is 1.53. The average Bonchev–Trinajstić information content (AvgIpc) is 3.08. The van der Waals surface area contributed by atoms with Crippen LogP contribution in [0.2, 0.25) is 5.02 Å². The molecule has 1 aliphatic rings. The minimum atomic E-state index is -0.743. The van der Waals surface area contributed by atoms with Crippen LogP contribution in [0, 0.1) is 0 Å². The lowest BCUT2D eigenvalue weighted by Crippen LogP contribution is -2.40. The lowest BCUT2D eigenvalue weighted by molar-refractivity contribution is -0.140. The number of ether oxygens (including phenoxy) is 2. The van der Waals surface area contributed by atoms with Crippen molar-refractivity contribution >= 4 is 35.0 Å². The van der Waals surface area contributed by atoms with E-state index in [0.29, 0.717) is 25.6 Å². The fraction of sp³-hybridized carbons (Fsp3) is 0.208. The topological polar surface area (TPSA) is 69.9 Å². The van der Waals surface area contributed by atoms with Gasteiger partial charge in [-0.2, -0.15) is 0 Å². The summed E-state index contributed by atoms with van der Waals surface area (Å²) in [6, 6.07) is 16.0. The second-order valence-electron chi connectivity index (χ2n) is 7.14. The van der Waals surface area contributed by atoms with Crippen LogP contribution in [0.5, 0.6) is 0 Å². The van der Waals surface area contributed by atoms with Gasteiger partial charge in [0.15, 0.2) is 4.80 Å². The molecule has 2 heterocycles. The van der Waals surface area contributed by atoms with Gasteiger partial charge in [-0.3, -0.25) is 9.36 Å². The van der Waals surface area contributed by atoms with Crippen LogP contribution in [0.1, 0.15) is 24.1 Å². The fourth-order valence-corrected chi connectivity index (χ4v) is 4.86. The van der Waals surface area contributed by atoms with Crippen LogP contribution in [-0.4, -0.2) is 30.9 Å². The van der Waals surface area contributed by atoms with E-state index in [1.165, 1.54) is 23.0 Å². The van der Waals surface area contributed by atoms with E-state index in [-0.39, 0.29) is 24.3 Å². The summed E-state index contributed by atoms with van der Waals surface area (Å²) in [5.41, 5.74) is 2.08. The molecule has 1 atom stereocenters. The molecular weight excluding hydrogens is 448 g/mol. The minimum absolute atomic E-state index is 0.0970. The Hall–Kier alpha value is -3.00. The van der Waals surface area contributed by atoms with Crippen LogP contribution in [0.3, 0.4) is 0 Å². The van der Waals surface area contributed by atoms with E-state index in [0.717, 1.165) is 5.56 Å². The first-order chi connectivity index (χ1) is 15.5. The normalized spacial score (nSPS) is 16.0. The Labute approximate surface area is 193 Å². The van der Waals surface area contributed by atoms with Crippen LogP contribution in [0.25, 0.3) is 6.08 Å². The maximum atomic E-state index is 13.5. The Bertz CT molecular complexity index is 1360. The molecule has 3 aromatic rings. The fourth-order valence-electron chi connectivity index (χ4n) is 3.57. The number of thiazole rings is 1. The molecule has 1 aromatic heterocycles. The summed E-state index contributed by atoms with van der Waals surface area (Å²) in [4.78, 5) is 31.6. The van der Waals surface area contributed by atoms with Crippen molar-refractivity contribution in [3.05, 3.63) is 102 Å². The minimum Gasteiger partial charge on any atom is -0.460 e. The number of nitrogens with zero attached hydrogens (tertiary/aromatic N) is 2. The quantitative estimate of drug-likeness (QED) is 0.412. The zero-order chi connectivity index (χ0) is 22.7. The summed E-state index contributed by atoms with van der Waals surface area (Å²) in [5, 5.41) is 0.451. The zero-order valence-corrected chi connectivity index (χ0v) is 19.2. The van der Waals surface area contributed by atoms with Gasteiger partial charge in [-0.15, -0.1) is 0 Å². The molecule has 8 heteroatoms. The molecule has 0 fully saturated rings. The van der Waals surface area contributed by atoms with Gasteiger partial charge in [-0.1, -0.05) is 71.5 Å². The van der Waals surface area contributed by atoms with Gasteiger partial charge in [0.25, 0.3) is 5.56 Å². The molecule has 0 radical (unpaired) electrons. The van der Waals surface area contributed by atoms with Gasteiger partial charge in [0.2, 0.25) is 0 Å². The number of esters is 1. The van der Waals surface area contributed by atoms with E-state index in [2.05, 4.69) is 4.99 Å². The van der Waals surface area contributed by atoms with Gasteiger partial charge in [0.1, 0.15) is 12.6 Å². The van der Waals surface area contributed by atoms with Gasteiger partial charge in [-0.05, 0) is 30.2 Å². The van der Waals surface area contributed by atoms with Crippen LogP contribution in [0.4, 0.5) is 0 Å². The third kappa shape index (κ3) is 4.32. The number of aromatic nitrogens is 1. The monoisotopic (exact) mass is 468 g/mol. The maximum absolute atomic E-state index is 13.5. The molecule has 32 heavy (non-hydrogen) atoms. The van der Waals surface area contributed by atoms with Crippen molar-refractivity contribution < 1.29 is 14.3 Å². The SMILES string of the molecule is COCCOC(=O)C1=C(C)N=c2s/c(=C\c3ccccc3)c(=O)n2C1c1ccccc1Cl. The summed E-state index contributed by atoms with van der Waals surface area (Å²) in [5.74, 6) is -0.550. The van der Waals surface area contributed by atoms with Crippen molar-refractivity contribution in [3.63, 3.8) is 0 Å². The molecule has 2 aromatic carbocycles. The van der Waals surface area contributed by atoms with Crippen LogP contribution in [-0.2, 0) is 14.3 Å². The lowest BCUT2D eigenvalue weighted by atomic mass is 9.96. The number of methoxy groups -OCH3 is 1. The number of rotatable bonds is 6. The van der Waals surface area contributed by atoms with E-state index in [9.17, 15) is 9.59 Å². The molecule has 0 saturated heterocycles. The predicted octanol–water partition coefficient (Wildman–Crippen LogP) is 3.08. The molecule has 164 valence electrons. The molecule has 4 rings (SSSR count). The predicted molar refractivity (Wildman–Crippen MR) is 124 cm³/mol. The summed E-state index contributed by atoms with van der Waals surface area (Å²) in [6.45, 7) is 2.11. The summed E-state index contributed by atoms with van der Waals surface area (Å²) >= 11 is 7.79. The first-order valence-electron chi connectivity index (χ1n) is 9.99. The molecular formula is C24H21ClN2O4S. The number of carbonyl (C=O) groups excluding carboxylic acids is 1. The molecule has 0 saturated carbocycles. The molecule has 0 bridgehead atoms. The third-order valence-corrected chi connectivity index (χ3v) is 6.39. The number of carbonyl (C=O) groups is 1. The van der Waals surface area contributed by atoms with Gasteiger partial charge in [0, 0.05) is 12.1 Å². The van der Waals surface area contributed by atoms with Gasteiger partial charge in [0.05, 0.1) is 22.4 Å². The van der Waals surface area contributed by atoms with E-state index in [1.807, 2.05) is 48.5 Å². The molecule has 0 spiro atoms. The van der Waals surface area contributed by atoms with Gasteiger partial charge < -0.3 is 9.47 Å². The summed E-state index contributed by atoms with van der Waals surface area (Å²) < 4.78 is 12.4. The number of benzene rings is 2. The molecule has 1 aliphatic heterocycles. The highest BCUT2D eigenvalue weighted by Crippen LogP contribution is 2.34. The number of fused-ring (bicyclic) bond motifs is 1. The zero-order valence-electron chi connectivity index (χ0n) is 17.6. The van der Waals surface area contributed by atoms with Crippen LogP contribution in [0.15, 0.2) is 75.7 Å². The average molecular weight is 469 g/mol. The number of allylic oxidation sites excluding steroid dienone is 1. The highest BCUT2D eigenvalue weighted by molar-refractivity contribution is 7.07. The molecule has 0 N–H and O–H groups in total. The van der Waals surface area contributed by atoms with Crippen molar-refractivity contribution in [2.75, 3.05) is 20.3 Å². The standard InChI is InChI=1S/C24H21ClN2O4S/c1-15-20(23(29)31-13-12-30-2)21(17-10-6-7-11-18(17)25)27-22(28)19(32-24(27)26-15)14-16-8-4-3-5-9-16/h3-11,14,21H,12-13H2,1-2H3/b19-14-. The Kier molecular flexibility index (Phi) is 6.69. The van der Waals surface area contributed by atoms with Crippen molar-refractivity contribution in [1.29, 1.82) is 0 Å². The first-order valence-corrected chi connectivity index (χ1v) is 11.2. The van der Waals surface area contributed by atoms with E-state index in [4.69, 9.17) is 21.1 Å². The number of hydrogen-bond donors (Lipinski definition) is 0. The van der Waals surface area contributed by atoms with E-state index < -0.39 is 12.0 Å². The number of halogens is 1. The van der Waals surface area contributed by atoms with E-state index in [1.54, 1.807) is 19.1 Å². The smallest absolute Gasteiger partial charge is 0.338 e. The summed E-state index contributed by atoms with van der Waals surface area (Å²) in [6.07, 6.45) is 1.82. The second-order valence-corrected chi connectivity index (χ2v) is 8.56. The van der Waals surface area contributed by atoms with E-state index >= 15 is 0 Å². The Morgan fingerprint density at radius 3 is 2.59 bits per heavy atom. The number of hydrogen-bond acceptors (Lipinski definition) is 6. The van der Waals surface area contributed by atoms with Gasteiger partial charge >= 0.3 is 5.97 Å². The van der Waals surface area contributed by atoms with Crippen molar-refractivity contribution in [2.24, 2.45) is 4.99 Å². The second kappa shape index (κ2) is 9.65. The third-order valence-electron chi connectivity index (χ3n) is 5.06. The first kappa shape index (κ1) is 22.2. The van der Waals surface area contributed by atoms with Crippen molar-refractivity contribution in [1.82, 2.24) is 4.57 Å². The molecule has 6 nitrogen and oxygen atoms in total. The molecule has 0 amide bonds. The van der Waals surface area contributed by atoms with Gasteiger partial charge in [-0.25, -0.2) is 9.79 Å². The maximum Gasteiger partial charge on any atom is 0.338 e. The Balaban J connectivity index is 1.91. The Morgan fingerprint density at radius 1 is 1.16 bits per heavy atom. The molecule has 1 unspecified atom stereocenters. The Morgan fingerprint density at radius 2 is 1.88 bits per heavy atom. The lowest BCUT2D eigenvalue weighted by Gasteiger charge is -2.25. The van der Waals surface area contributed by atoms with Crippen LogP contribution < -0.4 is 14.9 Å². The molecule has 0 aliphatic carbocycles. The van der Waals surface area contributed by atoms with Crippen molar-refractivity contribution in [3.8, 4) is 0 Å². The highest BCUT2D eigenvalue weighted by atomic mass is 35.5. The van der Waals surface area contributed by atoms with Crippen molar-refractivity contribution in [2.45, 2.75) is 13.0 Å². The van der Waals surface area contributed by atoms with Crippen LogP contribution >= 0.6 is 22.9 Å². The largest absolute Gasteiger partial charge is 0.460 e. The highest BCUT2D eigenvalue weighted by Gasteiger charge is 2.34.